The van der Waals surface area contributed by atoms with Crippen LogP contribution in [0.4, 0.5) is 0 Å². The summed E-state index contributed by atoms with van der Waals surface area (Å²) in [5, 5.41) is 4.83. The summed E-state index contributed by atoms with van der Waals surface area (Å²) in [6.07, 6.45) is 7.75. The number of aromatic nitrogens is 2. The standard InChI is InChI=1S/C28H32N4O2/c33-27(31-15-13-23(14-16-31)21-30-17-19-34-20-18-30)12-11-25-22-32(26-9-5-2-6-10-26)29-28(25)24-7-3-1-4-8-24/h1-12,22-23H,13-21H2/b12-11+. The first-order valence-corrected chi connectivity index (χ1v) is 12.2. The number of para-hydroxylation sites is 1. The molecule has 0 bridgehead atoms. The van der Waals surface area contributed by atoms with Gasteiger partial charge in [-0.25, -0.2) is 4.68 Å². The molecule has 2 aliphatic heterocycles. The number of morpholine rings is 1. The van der Waals surface area contributed by atoms with Crippen LogP contribution in [0.2, 0.25) is 0 Å². The van der Waals surface area contributed by atoms with Crippen LogP contribution in [-0.4, -0.2) is 71.4 Å². The van der Waals surface area contributed by atoms with Gasteiger partial charge in [-0.15, -0.1) is 0 Å². The Bertz CT molecular complexity index is 1100. The molecule has 5 rings (SSSR count). The molecule has 0 spiro atoms. The zero-order chi connectivity index (χ0) is 23.2. The maximum atomic E-state index is 13.0. The van der Waals surface area contributed by atoms with Crippen molar-refractivity contribution in [1.82, 2.24) is 19.6 Å². The lowest BCUT2D eigenvalue weighted by atomic mass is 9.96. The Hall–Kier alpha value is -3.22. The molecule has 1 aromatic heterocycles. The molecule has 0 atom stereocenters. The predicted octanol–water partition coefficient (Wildman–Crippen LogP) is 4.12. The van der Waals surface area contributed by atoms with E-state index in [0.717, 1.165) is 81.3 Å². The first-order valence-electron chi connectivity index (χ1n) is 12.2. The molecule has 0 radical (unpaired) electrons. The van der Waals surface area contributed by atoms with Crippen LogP contribution in [0.5, 0.6) is 0 Å². The average molecular weight is 457 g/mol. The quantitative estimate of drug-likeness (QED) is 0.524. The van der Waals surface area contributed by atoms with E-state index in [9.17, 15) is 4.79 Å². The van der Waals surface area contributed by atoms with Gasteiger partial charge in [0, 0.05) is 56.1 Å². The van der Waals surface area contributed by atoms with Crippen LogP contribution < -0.4 is 0 Å². The maximum absolute atomic E-state index is 13.0. The van der Waals surface area contributed by atoms with Crippen LogP contribution in [0, 0.1) is 5.92 Å². The molecule has 6 heteroatoms. The third-order valence-electron chi connectivity index (χ3n) is 6.76. The van der Waals surface area contributed by atoms with E-state index >= 15 is 0 Å². The van der Waals surface area contributed by atoms with Gasteiger partial charge in [-0.3, -0.25) is 9.69 Å². The molecule has 2 aromatic carbocycles. The Labute approximate surface area is 201 Å². The summed E-state index contributed by atoms with van der Waals surface area (Å²) in [4.78, 5) is 17.5. The molecule has 0 unspecified atom stereocenters. The lowest BCUT2D eigenvalue weighted by Gasteiger charge is -2.35. The first kappa shape index (κ1) is 22.6. The van der Waals surface area contributed by atoms with Crippen molar-refractivity contribution in [3.63, 3.8) is 0 Å². The van der Waals surface area contributed by atoms with E-state index in [1.54, 1.807) is 6.08 Å². The van der Waals surface area contributed by atoms with Crippen LogP contribution in [-0.2, 0) is 9.53 Å². The monoisotopic (exact) mass is 456 g/mol. The number of hydrogen-bond donors (Lipinski definition) is 0. The van der Waals surface area contributed by atoms with Gasteiger partial charge in [0.25, 0.3) is 0 Å². The molecule has 176 valence electrons. The second kappa shape index (κ2) is 10.8. The zero-order valence-corrected chi connectivity index (χ0v) is 19.6. The van der Waals surface area contributed by atoms with Gasteiger partial charge in [0.2, 0.25) is 5.91 Å². The average Bonchev–Trinajstić information content (AvgIpc) is 3.34. The molecule has 2 saturated heterocycles. The molecule has 1 amide bonds. The summed E-state index contributed by atoms with van der Waals surface area (Å²) < 4.78 is 7.33. The number of rotatable bonds is 6. The smallest absolute Gasteiger partial charge is 0.246 e. The normalized spacial score (nSPS) is 17.9. The SMILES string of the molecule is O=C(/C=C/c1cn(-c2ccccc2)nc1-c1ccccc1)N1CCC(CN2CCOCC2)CC1. The van der Waals surface area contributed by atoms with Gasteiger partial charge in [-0.05, 0) is 37.0 Å². The number of nitrogens with zero attached hydrogens (tertiary/aromatic N) is 4. The van der Waals surface area contributed by atoms with Crippen molar-refractivity contribution in [1.29, 1.82) is 0 Å². The van der Waals surface area contributed by atoms with Crippen LogP contribution in [0.15, 0.2) is 72.9 Å². The van der Waals surface area contributed by atoms with Crippen molar-refractivity contribution in [2.75, 3.05) is 45.9 Å². The molecule has 0 aliphatic carbocycles. The summed E-state index contributed by atoms with van der Waals surface area (Å²) in [5.41, 5.74) is 3.84. The van der Waals surface area contributed by atoms with Gasteiger partial charge in [0.1, 0.15) is 0 Å². The Morgan fingerprint density at radius 1 is 0.941 bits per heavy atom. The Balaban J connectivity index is 1.26. The lowest BCUT2D eigenvalue weighted by molar-refractivity contribution is -0.127. The van der Waals surface area contributed by atoms with E-state index in [0.29, 0.717) is 5.92 Å². The molecule has 3 heterocycles. The highest BCUT2D eigenvalue weighted by molar-refractivity contribution is 5.93. The molecule has 0 N–H and O–H groups in total. The minimum absolute atomic E-state index is 0.0799. The topological polar surface area (TPSA) is 50.6 Å². The van der Waals surface area contributed by atoms with Crippen LogP contribution in [0.3, 0.4) is 0 Å². The van der Waals surface area contributed by atoms with Crippen molar-refractivity contribution in [3.05, 3.63) is 78.5 Å². The third kappa shape index (κ3) is 5.46. The maximum Gasteiger partial charge on any atom is 0.246 e. The molecule has 3 aromatic rings. The molecule has 6 nitrogen and oxygen atoms in total. The third-order valence-corrected chi connectivity index (χ3v) is 6.76. The van der Waals surface area contributed by atoms with E-state index in [2.05, 4.69) is 17.0 Å². The van der Waals surface area contributed by atoms with Crippen molar-refractivity contribution in [3.8, 4) is 16.9 Å². The molecule has 0 saturated carbocycles. The van der Waals surface area contributed by atoms with E-state index in [-0.39, 0.29) is 5.91 Å². The number of likely N-dealkylation sites (tertiary alicyclic amines) is 1. The minimum Gasteiger partial charge on any atom is -0.379 e. The Morgan fingerprint density at radius 3 is 2.32 bits per heavy atom. The highest BCUT2D eigenvalue weighted by Crippen LogP contribution is 2.25. The van der Waals surface area contributed by atoms with Crippen molar-refractivity contribution in [2.45, 2.75) is 12.8 Å². The van der Waals surface area contributed by atoms with Gasteiger partial charge in [0.05, 0.1) is 24.6 Å². The van der Waals surface area contributed by atoms with Crippen molar-refractivity contribution in [2.24, 2.45) is 5.92 Å². The molecule has 2 fully saturated rings. The van der Waals surface area contributed by atoms with E-state index in [4.69, 9.17) is 9.84 Å². The summed E-state index contributed by atoms with van der Waals surface area (Å²) in [5.74, 6) is 0.746. The van der Waals surface area contributed by atoms with Gasteiger partial charge in [0.15, 0.2) is 0 Å². The number of amides is 1. The zero-order valence-electron chi connectivity index (χ0n) is 19.6. The van der Waals surface area contributed by atoms with Gasteiger partial charge >= 0.3 is 0 Å². The van der Waals surface area contributed by atoms with Crippen molar-refractivity contribution < 1.29 is 9.53 Å². The largest absolute Gasteiger partial charge is 0.379 e. The van der Waals surface area contributed by atoms with Gasteiger partial charge < -0.3 is 9.64 Å². The highest BCUT2D eigenvalue weighted by Gasteiger charge is 2.24. The number of carbonyl (C=O) groups excluding carboxylic acids is 1. The number of piperidine rings is 1. The molecule has 2 aliphatic rings. The van der Waals surface area contributed by atoms with Crippen molar-refractivity contribution >= 4 is 12.0 Å². The lowest BCUT2D eigenvalue weighted by Crippen LogP contribution is -2.43. The summed E-state index contributed by atoms with van der Waals surface area (Å²) in [6, 6.07) is 20.2. The first-order chi connectivity index (χ1) is 16.8. The number of carbonyl (C=O) groups is 1. The molecular weight excluding hydrogens is 424 g/mol. The fourth-order valence-electron chi connectivity index (χ4n) is 4.79. The molecule has 34 heavy (non-hydrogen) atoms. The number of benzene rings is 2. The van der Waals surface area contributed by atoms with Crippen LogP contribution >= 0.6 is 0 Å². The fourth-order valence-corrected chi connectivity index (χ4v) is 4.79. The van der Waals surface area contributed by atoms with E-state index in [1.807, 2.05) is 70.4 Å². The van der Waals surface area contributed by atoms with Crippen LogP contribution in [0.1, 0.15) is 18.4 Å². The van der Waals surface area contributed by atoms with Gasteiger partial charge in [-0.1, -0.05) is 48.5 Å². The molecular formula is C28H32N4O2. The number of ether oxygens (including phenoxy) is 1. The second-order valence-corrected chi connectivity index (χ2v) is 9.09. The van der Waals surface area contributed by atoms with Crippen LogP contribution in [0.25, 0.3) is 23.0 Å². The Kier molecular flexibility index (Phi) is 7.17. The predicted molar refractivity (Wildman–Crippen MR) is 135 cm³/mol. The van der Waals surface area contributed by atoms with Gasteiger partial charge in [-0.2, -0.15) is 5.10 Å². The summed E-state index contributed by atoms with van der Waals surface area (Å²) in [6.45, 7) is 6.52. The number of hydrogen-bond acceptors (Lipinski definition) is 4. The van der Waals surface area contributed by atoms with E-state index in [1.165, 1.54) is 0 Å². The summed E-state index contributed by atoms with van der Waals surface area (Å²) in [7, 11) is 0. The Morgan fingerprint density at radius 2 is 1.62 bits per heavy atom. The minimum atomic E-state index is 0.0799. The highest BCUT2D eigenvalue weighted by atomic mass is 16.5. The summed E-state index contributed by atoms with van der Waals surface area (Å²) >= 11 is 0. The second-order valence-electron chi connectivity index (χ2n) is 9.09. The fraction of sp³-hybridized carbons (Fsp3) is 0.357. The van der Waals surface area contributed by atoms with E-state index < -0.39 is 0 Å².